The molecule has 0 aromatic heterocycles. The molecule has 0 saturated heterocycles. The van der Waals surface area contributed by atoms with Crippen LogP contribution < -0.4 is 11.5 Å². The van der Waals surface area contributed by atoms with Crippen LogP contribution >= 0.6 is 0 Å². The normalized spacial score (nSPS) is 29.6. The molecule has 0 aliphatic heterocycles. The highest BCUT2D eigenvalue weighted by Gasteiger charge is 2.05. The van der Waals surface area contributed by atoms with Crippen LogP contribution in [0.5, 0.6) is 0 Å². The first-order chi connectivity index (χ1) is 3.79. The van der Waals surface area contributed by atoms with E-state index in [1.165, 1.54) is 0 Å². The van der Waals surface area contributed by atoms with Crippen LogP contribution in [0.4, 0.5) is 0 Å². The SMILES string of the molecule is NC1=CC(N)CCC1. The molecule has 0 saturated carbocycles. The van der Waals surface area contributed by atoms with E-state index in [0.717, 1.165) is 25.0 Å². The Morgan fingerprint density at radius 2 is 2.38 bits per heavy atom. The molecule has 2 nitrogen and oxygen atoms in total. The lowest BCUT2D eigenvalue weighted by molar-refractivity contribution is 0.622. The molecule has 0 amide bonds. The first-order valence-corrected chi connectivity index (χ1v) is 3.01. The fourth-order valence-corrected chi connectivity index (χ4v) is 0.984. The first kappa shape index (κ1) is 5.63. The summed E-state index contributed by atoms with van der Waals surface area (Å²) in [7, 11) is 0. The van der Waals surface area contributed by atoms with Gasteiger partial charge in [-0.25, -0.2) is 0 Å². The van der Waals surface area contributed by atoms with E-state index >= 15 is 0 Å². The third kappa shape index (κ3) is 1.23. The summed E-state index contributed by atoms with van der Waals surface area (Å²) in [6.07, 6.45) is 5.24. The van der Waals surface area contributed by atoms with Crippen molar-refractivity contribution in [3.8, 4) is 0 Å². The van der Waals surface area contributed by atoms with Gasteiger partial charge in [-0.1, -0.05) is 0 Å². The summed E-state index contributed by atoms with van der Waals surface area (Å²) in [6, 6.07) is 0.226. The molecule has 0 radical (unpaired) electrons. The van der Waals surface area contributed by atoms with Crippen molar-refractivity contribution < 1.29 is 0 Å². The van der Waals surface area contributed by atoms with Gasteiger partial charge in [0.1, 0.15) is 0 Å². The zero-order valence-electron chi connectivity index (χ0n) is 4.93. The van der Waals surface area contributed by atoms with Crippen molar-refractivity contribution in [2.45, 2.75) is 25.3 Å². The molecule has 0 spiro atoms. The number of hydrogen-bond donors (Lipinski definition) is 2. The molecule has 0 aromatic rings. The van der Waals surface area contributed by atoms with E-state index in [2.05, 4.69) is 0 Å². The average molecular weight is 112 g/mol. The Morgan fingerprint density at radius 1 is 1.62 bits per heavy atom. The molecule has 1 rings (SSSR count). The molecule has 1 aliphatic rings. The van der Waals surface area contributed by atoms with Crippen molar-refractivity contribution in [3.05, 3.63) is 11.8 Å². The van der Waals surface area contributed by atoms with Gasteiger partial charge in [0.05, 0.1) is 0 Å². The monoisotopic (exact) mass is 112 g/mol. The fraction of sp³-hybridized carbons (Fsp3) is 0.667. The predicted octanol–water partition coefficient (Wildman–Crippen LogP) is 0.340. The lowest BCUT2D eigenvalue weighted by Crippen LogP contribution is -2.22. The van der Waals surface area contributed by atoms with Crippen LogP contribution in [0, 0.1) is 0 Å². The highest BCUT2D eigenvalue weighted by Crippen LogP contribution is 2.11. The van der Waals surface area contributed by atoms with Crippen LogP contribution in [0.2, 0.25) is 0 Å². The Morgan fingerprint density at radius 3 is 2.75 bits per heavy atom. The Kier molecular flexibility index (Phi) is 1.53. The van der Waals surface area contributed by atoms with Gasteiger partial charge in [0, 0.05) is 11.7 Å². The summed E-state index contributed by atoms with van der Waals surface area (Å²) in [5, 5.41) is 0. The van der Waals surface area contributed by atoms with E-state index < -0.39 is 0 Å². The van der Waals surface area contributed by atoms with Crippen LogP contribution in [0.25, 0.3) is 0 Å². The predicted molar refractivity (Wildman–Crippen MR) is 34.1 cm³/mol. The Bertz CT molecular complexity index is 107. The van der Waals surface area contributed by atoms with Gasteiger partial charge in [-0.15, -0.1) is 0 Å². The van der Waals surface area contributed by atoms with Crippen molar-refractivity contribution in [1.29, 1.82) is 0 Å². The van der Waals surface area contributed by atoms with Gasteiger partial charge >= 0.3 is 0 Å². The second-order valence-electron chi connectivity index (χ2n) is 2.30. The minimum absolute atomic E-state index is 0.226. The van der Waals surface area contributed by atoms with Crippen LogP contribution in [-0.4, -0.2) is 6.04 Å². The van der Waals surface area contributed by atoms with Crippen LogP contribution in [0.15, 0.2) is 11.8 Å². The van der Waals surface area contributed by atoms with E-state index in [1.54, 1.807) is 0 Å². The van der Waals surface area contributed by atoms with E-state index in [1.807, 2.05) is 6.08 Å². The zero-order valence-corrected chi connectivity index (χ0v) is 4.93. The Hall–Kier alpha value is -0.500. The molecule has 1 unspecified atom stereocenters. The summed E-state index contributed by atoms with van der Waals surface area (Å²) in [4.78, 5) is 0. The lowest BCUT2D eigenvalue weighted by Gasteiger charge is -2.13. The maximum Gasteiger partial charge on any atom is 0.0243 e. The van der Waals surface area contributed by atoms with Crippen LogP contribution in [-0.2, 0) is 0 Å². The van der Waals surface area contributed by atoms with Crippen molar-refractivity contribution in [2.24, 2.45) is 11.5 Å². The van der Waals surface area contributed by atoms with Gasteiger partial charge in [-0.05, 0) is 25.3 Å². The molecule has 1 atom stereocenters. The Labute approximate surface area is 49.5 Å². The maximum absolute atomic E-state index is 5.57. The molecule has 4 N–H and O–H groups in total. The van der Waals surface area contributed by atoms with E-state index in [0.29, 0.717) is 0 Å². The summed E-state index contributed by atoms with van der Waals surface area (Å²) in [5.74, 6) is 0. The van der Waals surface area contributed by atoms with Crippen LogP contribution in [0.3, 0.4) is 0 Å². The molecular weight excluding hydrogens is 100 g/mol. The lowest BCUT2D eigenvalue weighted by atomic mass is 10.0. The van der Waals surface area contributed by atoms with E-state index in [9.17, 15) is 0 Å². The second-order valence-corrected chi connectivity index (χ2v) is 2.30. The molecule has 0 bridgehead atoms. The number of nitrogens with two attached hydrogens (primary N) is 2. The summed E-state index contributed by atoms with van der Waals surface area (Å²) >= 11 is 0. The quantitative estimate of drug-likeness (QED) is 0.474. The van der Waals surface area contributed by atoms with Crippen molar-refractivity contribution in [2.75, 3.05) is 0 Å². The van der Waals surface area contributed by atoms with Crippen LogP contribution in [0.1, 0.15) is 19.3 Å². The highest BCUT2D eigenvalue weighted by atomic mass is 14.7. The Balaban J connectivity index is 2.50. The van der Waals surface area contributed by atoms with Gasteiger partial charge in [0.2, 0.25) is 0 Å². The molecule has 0 aromatic carbocycles. The van der Waals surface area contributed by atoms with E-state index in [-0.39, 0.29) is 6.04 Å². The largest absolute Gasteiger partial charge is 0.402 e. The summed E-state index contributed by atoms with van der Waals surface area (Å²) < 4.78 is 0. The van der Waals surface area contributed by atoms with Gasteiger partial charge in [-0.2, -0.15) is 0 Å². The topological polar surface area (TPSA) is 52.0 Å². The van der Waals surface area contributed by atoms with Gasteiger partial charge in [-0.3, -0.25) is 0 Å². The van der Waals surface area contributed by atoms with E-state index in [4.69, 9.17) is 11.5 Å². The average Bonchev–Trinajstić information content (AvgIpc) is 1.64. The fourth-order valence-electron chi connectivity index (χ4n) is 0.984. The third-order valence-corrected chi connectivity index (χ3v) is 1.43. The van der Waals surface area contributed by atoms with Crippen molar-refractivity contribution >= 4 is 0 Å². The molecule has 8 heavy (non-hydrogen) atoms. The maximum atomic E-state index is 5.57. The third-order valence-electron chi connectivity index (χ3n) is 1.43. The number of hydrogen-bond acceptors (Lipinski definition) is 2. The van der Waals surface area contributed by atoms with Crippen molar-refractivity contribution in [1.82, 2.24) is 0 Å². The number of allylic oxidation sites excluding steroid dienone is 1. The molecule has 46 valence electrons. The minimum atomic E-state index is 0.226. The molecule has 0 fully saturated rings. The highest BCUT2D eigenvalue weighted by molar-refractivity contribution is 5.05. The van der Waals surface area contributed by atoms with Gasteiger partial charge in [0.25, 0.3) is 0 Å². The smallest absolute Gasteiger partial charge is 0.0243 e. The summed E-state index contributed by atoms with van der Waals surface area (Å²) in [5.41, 5.74) is 12.0. The second kappa shape index (κ2) is 2.18. The van der Waals surface area contributed by atoms with Crippen molar-refractivity contribution in [3.63, 3.8) is 0 Å². The molecular formula is C6H12N2. The molecule has 1 aliphatic carbocycles. The first-order valence-electron chi connectivity index (χ1n) is 3.01. The molecule has 0 heterocycles. The summed E-state index contributed by atoms with van der Waals surface area (Å²) in [6.45, 7) is 0. The number of rotatable bonds is 0. The van der Waals surface area contributed by atoms with Gasteiger partial charge in [0.15, 0.2) is 0 Å². The molecule has 2 heteroatoms. The zero-order chi connectivity index (χ0) is 5.98. The van der Waals surface area contributed by atoms with Gasteiger partial charge < -0.3 is 11.5 Å². The minimum Gasteiger partial charge on any atom is -0.402 e. The standard InChI is InChI=1S/C6H12N2/c7-5-2-1-3-6(8)4-5/h4-5H,1-3,7-8H2.